The number of esters is 1. The van der Waals surface area contributed by atoms with Crippen molar-refractivity contribution in [1.29, 1.82) is 5.26 Å². The number of carbonyl (C=O) groups is 2. The van der Waals surface area contributed by atoms with Gasteiger partial charge in [0.2, 0.25) is 10.0 Å². The van der Waals surface area contributed by atoms with Crippen molar-refractivity contribution < 1.29 is 27.1 Å². The zero-order valence-corrected chi connectivity index (χ0v) is 19.3. The second-order valence-electron chi connectivity index (χ2n) is 7.89. The molecule has 1 saturated heterocycles. The third-order valence-electron chi connectivity index (χ3n) is 5.78. The van der Waals surface area contributed by atoms with Crippen molar-refractivity contribution in [3.05, 3.63) is 46.1 Å². The molecule has 0 radical (unpaired) electrons. The Morgan fingerprint density at radius 1 is 1.24 bits per heavy atom. The number of ether oxygens (including phenoxy) is 1. The van der Waals surface area contributed by atoms with Crippen LogP contribution in [0.25, 0.3) is 0 Å². The van der Waals surface area contributed by atoms with Gasteiger partial charge in [-0.1, -0.05) is 12.1 Å². The second-order valence-corrected chi connectivity index (χ2v) is 10.9. The number of sulfonamides is 1. The van der Waals surface area contributed by atoms with E-state index in [1.807, 2.05) is 0 Å². The average molecular weight is 492 g/mol. The lowest BCUT2D eigenvalue weighted by Crippen LogP contribution is -2.42. The van der Waals surface area contributed by atoms with Crippen LogP contribution in [0.1, 0.15) is 41.7 Å². The predicted molar refractivity (Wildman–Crippen MR) is 119 cm³/mol. The van der Waals surface area contributed by atoms with E-state index < -0.39 is 45.3 Å². The minimum atomic E-state index is -4.24. The number of nitrogens with one attached hydrogen (secondary N) is 1. The highest BCUT2D eigenvalue weighted by Gasteiger charge is 2.41. The van der Waals surface area contributed by atoms with E-state index in [-0.39, 0.29) is 13.0 Å². The molecular weight excluding hydrogens is 469 g/mol. The van der Waals surface area contributed by atoms with Crippen molar-refractivity contribution in [2.45, 2.75) is 49.5 Å². The van der Waals surface area contributed by atoms with E-state index >= 15 is 0 Å². The summed E-state index contributed by atoms with van der Waals surface area (Å²) in [6, 6.07) is 5.98. The van der Waals surface area contributed by atoms with E-state index in [1.54, 1.807) is 0 Å². The molecule has 174 valence electrons. The summed E-state index contributed by atoms with van der Waals surface area (Å²) < 4.78 is 45.9. The summed E-state index contributed by atoms with van der Waals surface area (Å²) >= 11 is 1.36. The summed E-state index contributed by atoms with van der Waals surface area (Å²) in [5, 5.41) is 12.6. The largest absolute Gasteiger partial charge is 0.454 e. The fourth-order valence-electron chi connectivity index (χ4n) is 4.21. The van der Waals surface area contributed by atoms with Crippen LogP contribution in [0.3, 0.4) is 0 Å². The van der Waals surface area contributed by atoms with Gasteiger partial charge in [0.25, 0.3) is 5.91 Å². The first kappa shape index (κ1) is 23.4. The molecule has 4 rings (SSSR count). The molecule has 0 saturated carbocycles. The van der Waals surface area contributed by atoms with Crippen LogP contribution in [0.4, 0.5) is 9.39 Å². The van der Waals surface area contributed by atoms with E-state index in [0.29, 0.717) is 17.0 Å². The lowest BCUT2D eigenvalue weighted by molar-refractivity contribution is -0.150. The number of thiophene rings is 1. The molecule has 1 aromatic carbocycles. The van der Waals surface area contributed by atoms with E-state index in [2.05, 4.69) is 11.4 Å². The summed E-state index contributed by atoms with van der Waals surface area (Å²) in [4.78, 5) is 25.6. The lowest BCUT2D eigenvalue weighted by atomic mass is 9.96. The number of carbonyl (C=O) groups excluding carboxylic acids is 2. The van der Waals surface area contributed by atoms with E-state index in [0.717, 1.165) is 52.6 Å². The van der Waals surface area contributed by atoms with Crippen molar-refractivity contribution in [2.24, 2.45) is 0 Å². The molecule has 8 nitrogen and oxygen atoms in total. The van der Waals surface area contributed by atoms with E-state index in [9.17, 15) is 27.7 Å². The topological polar surface area (TPSA) is 117 Å². The van der Waals surface area contributed by atoms with Gasteiger partial charge >= 0.3 is 5.97 Å². The maximum Gasteiger partial charge on any atom is 0.324 e. The molecule has 2 aliphatic rings. The van der Waals surface area contributed by atoms with Crippen LogP contribution in [0.5, 0.6) is 0 Å². The summed E-state index contributed by atoms with van der Waals surface area (Å²) in [5.41, 5.74) is 1.42. The van der Waals surface area contributed by atoms with Crippen LogP contribution in [-0.2, 0) is 37.2 Å². The molecular formula is C22H22FN3O5S2. The van der Waals surface area contributed by atoms with Crippen molar-refractivity contribution in [1.82, 2.24) is 4.31 Å². The molecule has 2 aromatic rings. The Balaban J connectivity index is 1.41. The Morgan fingerprint density at radius 2 is 2.00 bits per heavy atom. The number of hydrogen-bond acceptors (Lipinski definition) is 7. The van der Waals surface area contributed by atoms with Gasteiger partial charge in [0, 0.05) is 11.4 Å². The Morgan fingerprint density at radius 3 is 2.76 bits per heavy atom. The van der Waals surface area contributed by atoms with Gasteiger partial charge in [-0.15, -0.1) is 11.3 Å². The molecule has 1 aliphatic heterocycles. The molecule has 1 amide bonds. The van der Waals surface area contributed by atoms with Crippen LogP contribution in [-0.4, -0.2) is 43.8 Å². The fraction of sp³-hybridized carbons (Fsp3) is 0.409. The third kappa shape index (κ3) is 4.64. The molecule has 1 atom stereocenters. The van der Waals surface area contributed by atoms with Crippen LogP contribution in [0, 0.1) is 17.1 Å². The number of aryl methyl sites for hydroxylation is 1. The molecule has 1 aliphatic carbocycles. The number of fused-ring (bicyclic) bond motifs is 1. The zero-order chi connectivity index (χ0) is 23.6. The zero-order valence-electron chi connectivity index (χ0n) is 17.7. The quantitative estimate of drug-likeness (QED) is 0.621. The van der Waals surface area contributed by atoms with E-state index in [4.69, 9.17) is 4.74 Å². The molecule has 1 aromatic heterocycles. The summed E-state index contributed by atoms with van der Waals surface area (Å²) in [7, 11) is -4.24. The number of nitrogens with zero attached hydrogens (tertiary/aromatic N) is 2. The van der Waals surface area contributed by atoms with Gasteiger partial charge < -0.3 is 10.1 Å². The van der Waals surface area contributed by atoms with Gasteiger partial charge in [-0.2, -0.15) is 9.57 Å². The number of halogens is 1. The second kappa shape index (κ2) is 9.59. The number of hydrogen-bond donors (Lipinski definition) is 1. The highest BCUT2D eigenvalue weighted by Crippen LogP contribution is 2.37. The maximum absolute atomic E-state index is 14.1. The highest BCUT2D eigenvalue weighted by atomic mass is 32.2. The number of benzene rings is 1. The van der Waals surface area contributed by atoms with Crippen molar-refractivity contribution in [3.63, 3.8) is 0 Å². The number of rotatable bonds is 6. The summed E-state index contributed by atoms with van der Waals surface area (Å²) in [5.74, 6) is -2.38. The monoisotopic (exact) mass is 491 g/mol. The van der Waals surface area contributed by atoms with Gasteiger partial charge in [0.05, 0.1) is 5.56 Å². The smallest absolute Gasteiger partial charge is 0.324 e. The first-order chi connectivity index (χ1) is 15.8. The summed E-state index contributed by atoms with van der Waals surface area (Å²) in [6.45, 7) is -0.564. The van der Waals surface area contributed by atoms with Gasteiger partial charge in [-0.05, 0) is 56.2 Å². The third-order valence-corrected chi connectivity index (χ3v) is 8.93. The Labute approximate surface area is 195 Å². The Kier molecular flexibility index (Phi) is 6.78. The molecule has 33 heavy (non-hydrogen) atoms. The fourth-order valence-corrected chi connectivity index (χ4v) is 7.18. The van der Waals surface area contributed by atoms with Crippen molar-refractivity contribution in [3.8, 4) is 6.07 Å². The molecule has 0 unspecified atom stereocenters. The normalized spacial score (nSPS) is 18.4. The molecule has 11 heteroatoms. The van der Waals surface area contributed by atoms with Gasteiger partial charge in [0.15, 0.2) is 6.61 Å². The first-order valence-electron chi connectivity index (χ1n) is 10.6. The molecule has 0 spiro atoms. The van der Waals surface area contributed by atoms with Crippen LogP contribution in [0.15, 0.2) is 29.2 Å². The minimum absolute atomic E-state index is 0.0505. The first-order valence-corrected chi connectivity index (χ1v) is 12.9. The van der Waals surface area contributed by atoms with Crippen molar-refractivity contribution in [2.75, 3.05) is 18.5 Å². The van der Waals surface area contributed by atoms with E-state index in [1.165, 1.54) is 23.5 Å². The molecule has 1 N–H and O–H groups in total. The Bertz CT molecular complexity index is 1240. The molecule has 0 bridgehead atoms. The van der Waals surface area contributed by atoms with Gasteiger partial charge in [-0.25, -0.2) is 12.8 Å². The SMILES string of the molecule is N#Cc1c(NC(=O)COC(=O)[C@H]2CCCN2S(=O)(=O)c2ccccc2F)sc2c1CCCC2. The Hall–Kier alpha value is -2.81. The average Bonchev–Trinajstić information content (AvgIpc) is 3.42. The standard InChI is InChI=1S/C22H22FN3O5S2/c23-16-7-2-4-10-19(16)33(29,30)26-11-5-8-17(26)22(28)31-13-20(27)25-21-15(12-24)14-6-1-3-9-18(14)32-21/h2,4,7,10,17H,1,3,5-6,8-9,11,13H2,(H,25,27)/t17-/m1/s1. The maximum atomic E-state index is 14.1. The van der Waals surface area contributed by atoms with Crippen LogP contribution >= 0.6 is 11.3 Å². The minimum Gasteiger partial charge on any atom is -0.454 e. The highest BCUT2D eigenvalue weighted by molar-refractivity contribution is 7.89. The summed E-state index contributed by atoms with van der Waals surface area (Å²) in [6.07, 6.45) is 4.32. The lowest BCUT2D eigenvalue weighted by Gasteiger charge is -2.22. The number of anilines is 1. The molecule has 1 fully saturated rings. The van der Waals surface area contributed by atoms with Crippen LogP contribution < -0.4 is 5.32 Å². The van der Waals surface area contributed by atoms with Gasteiger partial charge in [0.1, 0.15) is 27.8 Å². The predicted octanol–water partition coefficient (Wildman–Crippen LogP) is 2.97. The van der Waals surface area contributed by atoms with Crippen molar-refractivity contribution >= 4 is 38.2 Å². The van der Waals surface area contributed by atoms with Gasteiger partial charge in [-0.3, -0.25) is 9.59 Å². The molecule has 2 heterocycles. The number of nitriles is 1. The van der Waals surface area contributed by atoms with Crippen LogP contribution in [0.2, 0.25) is 0 Å². The number of amides is 1.